The fraction of sp³-hybridized carbons (Fsp3) is 0.417. The van der Waals surface area contributed by atoms with Gasteiger partial charge in [0.1, 0.15) is 11.6 Å². The molecule has 1 aromatic rings. The first-order chi connectivity index (χ1) is 7.18. The van der Waals surface area contributed by atoms with Gasteiger partial charge >= 0.3 is 0 Å². The molecule has 0 saturated carbocycles. The van der Waals surface area contributed by atoms with Crippen LogP contribution in [0.3, 0.4) is 0 Å². The lowest BCUT2D eigenvalue weighted by Gasteiger charge is -2.23. The maximum atomic E-state index is 13.5. The highest BCUT2D eigenvalue weighted by molar-refractivity contribution is 5.82. The van der Waals surface area contributed by atoms with Crippen molar-refractivity contribution in [1.29, 1.82) is 0 Å². The lowest BCUT2D eigenvalue weighted by Crippen LogP contribution is -2.25. The zero-order valence-electron chi connectivity index (χ0n) is 8.74. The normalized spacial score (nSPS) is 19.5. The van der Waals surface area contributed by atoms with Crippen molar-refractivity contribution in [3.63, 3.8) is 0 Å². The summed E-state index contributed by atoms with van der Waals surface area (Å²) in [6, 6.07) is 6.73. The van der Waals surface area contributed by atoms with Crippen molar-refractivity contribution in [2.24, 2.45) is 0 Å². The van der Waals surface area contributed by atoms with Crippen molar-refractivity contribution >= 4 is 5.78 Å². The average Bonchev–Trinajstić information content (AvgIpc) is 2.65. The van der Waals surface area contributed by atoms with Crippen LogP contribution < -0.4 is 0 Å². The fourth-order valence-corrected chi connectivity index (χ4v) is 1.99. The first kappa shape index (κ1) is 10.3. The van der Waals surface area contributed by atoms with Crippen molar-refractivity contribution in [3.8, 4) is 0 Å². The molecule has 1 aromatic carbocycles. The second-order valence-electron chi connectivity index (χ2n) is 3.96. The Morgan fingerprint density at radius 3 is 2.73 bits per heavy atom. The van der Waals surface area contributed by atoms with E-state index in [9.17, 15) is 9.18 Å². The summed E-state index contributed by atoms with van der Waals surface area (Å²) in [6.45, 7) is 3.14. The van der Waals surface area contributed by atoms with Crippen LogP contribution in [0.5, 0.6) is 0 Å². The van der Waals surface area contributed by atoms with E-state index in [0.29, 0.717) is 18.5 Å². The van der Waals surface area contributed by atoms with Crippen molar-refractivity contribution in [2.75, 3.05) is 13.1 Å². The van der Waals surface area contributed by atoms with Gasteiger partial charge in [0.2, 0.25) is 0 Å². The minimum atomic E-state index is -0.190. The Morgan fingerprint density at radius 1 is 1.40 bits per heavy atom. The van der Waals surface area contributed by atoms with Crippen LogP contribution in [0.2, 0.25) is 0 Å². The number of likely N-dealkylation sites (tertiary alicyclic amines) is 1. The predicted octanol–water partition coefficient (Wildman–Crippen LogP) is 2.16. The molecule has 1 atom stereocenters. The topological polar surface area (TPSA) is 20.3 Å². The van der Waals surface area contributed by atoms with E-state index in [1.807, 2.05) is 17.9 Å². The lowest BCUT2D eigenvalue weighted by atomic mass is 10.1. The van der Waals surface area contributed by atoms with Gasteiger partial charge in [-0.05, 0) is 13.0 Å². The quantitative estimate of drug-likeness (QED) is 0.740. The summed E-state index contributed by atoms with van der Waals surface area (Å²) in [4.78, 5) is 13.2. The Morgan fingerprint density at radius 2 is 2.13 bits per heavy atom. The summed E-state index contributed by atoms with van der Waals surface area (Å²) in [5, 5.41) is 0. The monoisotopic (exact) mass is 207 g/mol. The van der Waals surface area contributed by atoms with Crippen molar-refractivity contribution in [1.82, 2.24) is 4.90 Å². The van der Waals surface area contributed by atoms with Gasteiger partial charge in [-0.25, -0.2) is 4.39 Å². The first-order valence-electron chi connectivity index (χ1n) is 5.18. The number of carbonyl (C=O) groups is 1. The van der Waals surface area contributed by atoms with E-state index in [-0.39, 0.29) is 17.6 Å². The van der Waals surface area contributed by atoms with Crippen molar-refractivity contribution in [2.45, 2.75) is 19.4 Å². The molecule has 1 fully saturated rings. The zero-order chi connectivity index (χ0) is 10.8. The summed E-state index contributed by atoms with van der Waals surface area (Å²) < 4.78 is 13.5. The van der Waals surface area contributed by atoms with Gasteiger partial charge in [0.15, 0.2) is 0 Å². The van der Waals surface area contributed by atoms with Gasteiger partial charge in [-0.15, -0.1) is 0 Å². The Labute approximate surface area is 88.7 Å². The molecule has 0 spiro atoms. The van der Waals surface area contributed by atoms with Gasteiger partial charge in [-0.2, -0.15) is 0 Å². The number of ketones is 1. The molecule has 0 bridgehead atoms. The highest BCUT2D eigenvalue weighted by Gasteiger charge is 2.25. The Balaban J connectivity index is 2.17. The van der Waals surface area contributed by atoms with E-state index in [4.69, 9.17) is 0 Å². The average molecular weight is 207 g/mol. The second kappa shape index (κ2) is 4.11. The first-order valence-corrected chi connectivity index (χ1v) is 5.18. The van der Waals surface area contributed by atoms with Gasteiger partial charge < -0.3 is 0 Å². The third-order valence-corrected chi connectivity index (χ3v) is 2.96. The number of nitrogens with zero attached hydrogens (tertiary/aromatic N) is 1. The molecule has 1 unspecified atom stereocenters. The maximum Gasteiger partial charge on any atom is 0.148 e. The fourth-order valence-electron chi connectivity index (χ4n) is 1.99. The van der Waals surface area contributed by atoms with E-state index >= 15 is 0 Å². The van der Waals surface area contributed by atoms with E-state index in [1.54, 1.807) is 12.1 Å². The van der Waals surface area contributed by atoms with Gasteiger partial charge in [-0.1, -0.05) is 18.2 Å². The smallest absolute Gasteiger partial charge is 0.148 e. The number of hydrogen-bond acceptors (Lipinski definition) is 2. The standard InChI is InChI=1S/C12H14FNO/c1-9(14-7-6-10(15)8-14)11-4-2-3-5-12(11)13/h2-5,9H,6-8H2,1H3. The van der Waals surface area contributed by atoms with Gasteiger partial charge in [-0.3, -0.25) is 9.69 Å². The summed E-state index contributed by atoms with van der Waals surface area (Å²) in [5.74, 6) is 0.0579. The van der Waals surface area contributed by atoms with Gasteiger partial charge in [0.05, 0.1) is 6.54 Å². The summed E-state index contributed by atoms with van der Waals surface area (Å²) in [5.41, 5.74) is 0.673. The van der Waals surface area contributed by atoms with Crippen LogP contribution in [-0.2, 0) is 4.79 Å². The molecule has 80 valence electrons. The van der Waals surface area contributed by atoms with Crippen LogP contribution in [0.15, 0.2) is 24.3 Å². The largest absolute Gasteiger partial charge is 0.298 e. The lowest BCUT2D eigenvalue weighted by molar-refractivity contribution is -0.117. The predicted molar refractivity (Wildman–Crippen MR) is 56.0 cm³/mol. The number of rotatable bonds is 2. The molecule has 2 rings (SSSR count). The van der Waals surface area contributed by atoms with Crippen LogP contribution in [0, 0.1) is 5.82 Å². The molecular weight excluding hydrogens is 193 g/mol. The van der Waals surface area contributed by atoms with Crippen molar-refractivity contribution < 1.29 is 9.18 Å². The Bertz CT molecular complexity index is 378. The van der Waals surface area contributed by atoms with Gasteiger partial charge in [0.25, 0.3) is 0 Å². The second-order valence-corrected chi connectivity index (χ2v) is 3.96. The highest BCUT2D eigenvalue weighted by Crippen LogP contribution is 2.25. The molecule has 3 heteroatoms. The van der Waals surface area contributed by atoms with Crippen LogP contribution in [0.1, 0.15) is 24.9 Å². The van der Waals surface area contributed by atoms with Gasteiger partial charge in [0, 0.05) is 24.6 Å². The molecule has 0 N–H and O–H groups in total. The molecule has 1 saturated heterocycles. The molecule has 0 radical (unpaired) electrons. The zero-order valence-corrected chi connectivity index (χ0v) is 8.74. The summed E-state index contributed by atoms with van der Waals surface area (Å²) in [6.07, 6.45) is 0.596. The van der Waals surface area contributed by atoms with Crippen LogP contribution in [0.25, 0.3) is 0 Å². The van der Waals surface area contributed by atoms with Crippen LogP contribution in [-0.4, -0.2) is 23.8 Å². The van der Waals surface area contributed by atoms with E-state index in [2.05, 4.69) is 0 Å². The number of halogens is 1. The third-order valence-electron chi connectivity index (χ3n) is 2.96. The Kier molecular flexibility index (Phi) is 2.82. The summed E-state index contributed by atoms with van der Waals surface area (Å²) >= 11 is 0. The summed E-state index contributed by atoms with van der Waals surface area (Å²) in [7, 11) is 0. The number of benzene rings is 1. The molecule has 15 heavy (non-hydrogen) atoms. The third kappa shape index (κ3) is 2.07. The maximum absolute atomic E-state index is 13.5. The molecular formula is C12H14FNO. The van der Waals surface area contributed by atoms with Crippen LogP contribution >= 0.6 is 0 Å². The Hall–Kier alpha value is -1.22. The molecule has 0 aromatic heterocycles. The number of Topliss-reactive ketones (excluding diaryl/α,β-unsaturated/α-hetero) is 1. The molecule has 0 amide bonds. The molecule has 1 aliphatic rings. The SMILES string of the molecule is CC(c1ccccc1F)N1CCC(=O)C1. The molecule has 1 heterocycles. The van der Waals surface area contributed by atoms with E-state index < -0.39 is 0 Å². The van der Waals surface area contributed by atoms with E-state index in [0.717, 1.165) is 6.54 Å². The molecule has 2 nitrogen and oxygen atoms in total. The minimum absolute atomic E-state index is 0.0161. The van der Waals surface area contributed by atoms with Crippen molar-refractivity contribution in [3.05, 3.63) is 35.6 Å². The van der Waals surface area contributed by atoms with Crippen LogP contribution in [0.4, 0.5) is 4.39 Å². The minimum Gasteiger partial charge on any atom is -0.298 e. The molecule has 0 aliphatic carbocycles. The highest BCUT2D eigenvalue weighted by atomic mass is 19.1. The van der Waals surface area contributed by atoms with E-state index in [1.165, 1.54) is 6.07 Å². The number of hydrogen-bond donors (Lipinski definition) is 0. The molecule has 1 aliphatic heterocycles. The number of carbonyl (C=O) groups excluding carboxylic acids is 1.